The number of benzene rings is 1. The van der Waals surface area contributed by atoms with Crippen molar-refractivity contribution in [3.63, 3.8) is 0 Å². The molecule has 0 aliphatic rings. The highest BCUT2D eigenvalue weighted by Gasteiger charge is 2.04. The Balaban J connectivity index is 1.98. The van der Waals surface area contributed by atoms with Gasteiger partial charge in [0.1, 0.15) is 5.82 Å². The maximum Gasteiger partial charge on any atom is 0.145 e. The summed E-state index contributed by atoms with van der Waals surface area (Å²) in [6.45, 7) is 4.43. The highest BCUT2D eigenvalue weighted by atomic mass is 15.0. The van der Waals surface area contributed by atoms with Crippen LogP contribution in [0.2, 0.25) is 0 Å². The second-order valence-electron chi connectivity index (χ2n) is 4.79. The summed E-state index contributed by atoms with van der Waals surface area (Å²) in [6.07, 6.45) is 6.84. The average Bonchev–Trinajstić information content (AvgIpc) is 2.39. The van der Waals surface area contributed by atoms with E-state index in [9.17, 15) is 0 Å². The van der Waals surface area contributed by atoms with Gasteiger partial charge in [0.15, 0.2) is 0 Å². The van der Waals surface area contributed by atoms with E-state index in [2.05, 4.69) is 29.1 Å². The third-order valence-corrected chi connectivity index (χ3v) is 3.08. The Morgan fingerprint density at radius 2 is 1.94 bits per heavy atom. The summed E-state index contributed by atoms with van der Waals surface area (Å²) >= 11 is 0. The third-order valence-electron chi connectivity index (χ3n) is 3.08. The van der Waals surface area contributed by atoms with Gasteiger partial charge in [0, 0.05) is 6.04 Å². The lowest BCUT2D eigenvalue weighted by Gasteiger charge is -2.14. The number of para-hydroxylation sites is 2. The van der Waals surface area contributed by atoms with Crippen molar-refractivity contribution in [1.29, 1.82) is 0 Å². The van der Waals surface area contributed by atoms with E-state index in [1.54, 1.807) is 0 Å². The number of fused-ring (bicyclic) bond motifs is 1. The second-order valence-corrected chi connectivity index (χ2v) is 4.79. The van der Waals surface area contributed by atoms with E-state index in [0.29, 0.717) is 6.04 Å². The van der Waals surface area contributed by atoms with Gasteiger partial charge < -0.3 is 5.32 Å². The van der Waals surface area contributed by atoms with Gasteiger partial charge in [0.25, 0.3) is 0 Å². The van der Waals surface area contributed by atoms with Crippen LogP contribution < -0.4 is 5.32 Å². The van der Waals surface area contributed by atoms with E-state index in [1.165, 1.54) is 25.7 Å². The summed E-state index contributed by atoms with van der Waals surface area (Å²) in [7, 11) is 0. The maximum atomic E-state index is 4.57. The Labute approximate surface area is 109 Å². The molecule has 1 aromatic heterocycles. The first-order chi connectivity index (χ1) is 8.79. The van der Waals surface area contributed by atoms with Crippen LogP contribution in [-0.2, 0) is 0 Å². The molecule has 0 aliphatic carbocycles. The minimum atomic E-state index is 0.451. The lowest BCUT2D eigenvalue weighted by Crippen LogP contribution is -2.16. The predicted octanol–water partition coefficient (Wildman–Crippen LogP) is 4.01. The molecule has 0 saturated carbocycles. The first-order valence-corrected chi connectivity index (χ1v) is 6.78. The Morgan fingerprint density at radius 1 is 1.17 bits per heavy atom. The van der Waals surface area contributed by atoms with E-state index in [-0.39, 0.29) is 0 Å². The number of nitrogens with one attached hydrogen (secondary N) is 1. The van der Waals surface area contributed by atoms with Crippen molar-refractivity contribution >= 4 is 16.9 Å². The van der Waals surface area contributed by atoms with Gasteiger partial charge in [-0.05, 0) is 25.5 Å². The van der Waals surface area contributed by atoms with Crippen molar-refractivity contribution < 1.29 is 0 Å². The van der Waals surface area contributed by atoms with Gasteiger partial charge in [-0.25, -0.2) is 4.98 Å². The zero-order valence-corrected chi connectivity index (χ0v) is 11.2. The topological polar surface area (TPSA) is 37.8 Å². The molecule has 0 aliphatic heterocycles. The Morgan fingerprint density at radius 3 is 2.72 bits per heavy atom. The lowest BCUT2D eigenvalue weighted by atomic mass is 10.1. The monoisotopic (exact) mass is 243 g/mol. The van der Waals surface area contributed by atoms with Gasteiger partial charge >= 0.3 is 0 Å². The third kappa shape index (κ3) is 3.42. The van der Waals surface area contributed by atoms with Gasteiger partial charge in [-0.15, -0.1) is 0 Å². The van der Waals surface area contributed by atoms with Gasteiger partial charge in [0.2, 0.25) is 0 Å². The molecular weight excluding hydrogens is 222 g/mol. The lowest BCUT2D eigenvalue weighted by molar-refractivity contribution is 0.614. The smallest absolute Gasteiger partial charge is 0.145 e. The molecule has 1 atom stereocenters. The molecule has 1 heterocycles. The van der Waals surface area contributed by atoms with Crippen molar-refractivity contribution in [3.8, 4) is 0 Å². The van der Waals surface area contributed by atoms with Crippen LogP contribution in [0.1, 0.15) is 39.5 Å². The molecule has 0 radical (unpaired) electrons. The van der Waals surface area contributed by atoms with Crippen molar-refractivity contribution in [3.05, 3.63) is 30.5 Å². The molecule has 0 saturated heterocycles. The fourth-order valence-electron chi connectivity index (χ4n) is 2.05. The van der Waals surface area contributed by atoms with Crippen molar-refractivity contribution in [2.75, 3.05) is 5.32 Å². The van der Waals surface area contributed by atoms with Crippen LogP contribution in [0.25, 0.3) is 11.0 Å². The fraction of sp³-hybridized carbons (Fsp3) is 0.467. The van der Waals surface area contributed by atoms with Crippen LogP contribution in [0.3, 0.4) is 0 Å². The van der Waals surface area contributed by atoms with Crippen LogP contribution in [-0.4, -0.2) is 16.0 Å². The molecule has 18 heavy (non-hydrogen) atoms. The summed E-state index contributed by atoms with van der Waals surface area (Å²) < 4.78 is 0. The summed E-state index contributed by atoms with van der Waals surface area (Å²) in [6, 6.07) is 8.40. The van der Waals surface area contributed by atoms with Crippen molar-refractivity contribution in [1.82, 2.24) is 9.97 Å². The zero-order chi connectivity index (χ0) is 12.8. The molecule has 0 spiro atoms. The van der Waals surface area contributed by atoms with Crippen LogP contribution in [0.15, 0.2) is 30.5 Å². The summed E-state index contributed by atoms with van der Waals surface area (Å²) in [5.41, 5.74) is 1.89. The Hall–Kier alpha value is -1.64. The SMILES string of the molecule is CCCCCC(C)Nc1cnc2ccccc2n1. The Bertz CT molecular complexity index is 496. The zero-order valence-electron chi connectivity index (χ0n) is 11.2. The minimum absolute atomic E-state index is 0.451. The molecule has 3 nitrogen and oxygen atoms in total. The first kappa shape index (κ1) is 12.8. The first-order valence-electron chi connectivity index (χ1n) is 6.78. The molecule has 1 N–H and O–H groups in total. The van der Waals surface area contributed by atoms with Crippen molar-refractivity contribution in [2.24, 2.45) is 0 Å². The number of unbranched alkanes of at least 4 members (excludes halogenated alkanes) is 2. The molecule has 0 amide bonds. The molecule has 2 aromatic rings. The van der Waals surface area contributed by atoms with Gasteiger partial charge in [-0.1, -0.05) is 38.3 Å². The predicted molar refractivity (Wildman–Crippen MR) is 76.8 cm³/mol. The summed E-state index contributed by atoms with van der Waals surface area (Å²) in [5, 5.41) is 3.42. The van der Waals surface area contributed by atoms with Gasteiger partial charge in [-0.2, -0.15) is 0 Å². The van der Waals surface area contributed by atoms with E-state index in [1.807, 2.05) is 30.5 Å². The molecule has 0 fully saturated rings. The highest BCUT2D eigenvalue weighted by Crippen LogP contribution is 2.13. The number of hydrogen-bond donors (Lipinski definition) is 1. The highest BCUT2D eigenvalue weighted by molar-refractivity contribution is 5.75. The fourth-order valence-corrected chi connectivity index (χ4v) is 2.05. The quantitative estimate of drug-likeness (QED) is 0.779. The molecule has 1 unspecified atom stereocenters. The number of hydrogen-bond acceptors (Lipinski definition) is 3. The Kier molecular flexibility index (Phi) is 4.51. The van der Waals surface area contributed by atoms with Crippen molar-refractivity contribution in [2.45, 2.75) is 45.6 Å². The number of aromatic nitrogens is 2. The van der Waals surface area contributed by atoms with Crippen LogP contribution in [0.4, 0.5) is 5.82 Å². The molecule has 0 bridgehead atoms. The van der Waals surface area contributed by atoms with E-state index >= 15 is 0 Å². The molecule has 1 aromatic carbocycles. The normalized spacial score (nSPS) is 12.6. The van der Waals surface area contributed by atoms with E-state index in [4.69, 9.17) is 0 Å². The standard InChI is InChI=1S/C15H21N3/c1-3-4-5-8-12(2)17-15-11-16-13-9-6-7-10-14(13)18-15/h6-7,9-12H,3-5,8H2,1-2H3,(H,17,18). The molecule has 96 valence electrons. The average molecular weight is 243 g/mol. The maximum absolute atomic E-state index is 4.57. The summed E-state index contributed by atoms with van der Waals surface area (Å²) in [5.74, 6) is 0.873. The van der Waals surface area contributed by atoms with Crippen LogP contribution in [0, 0.1) is 0 Å². The van der Waals surface area contributed by atoms with E-state index in [0.717, 1.165) is 16.9 Å². The number of rotatable bonds is 6. The molecule has 3 heteroatoms. The van der Waals surface area contributed by atoms with Gasteiger partial charge in [-0.3, -0.25) is 4.98 Å². The second kappa shape index (κ2) is 6.34. The minimum Gasteiger partial charge on any atom is -0.366 e. The molecule has 2 rings (SSSR count). The van der Waals surface area contributed by atoms with Gasteiger partial charge in [0.05, 0.1) is 17.2 Å². The van der Waals surface area contributed by atoms with Crippen LogP contribution in [0.5, 0.6) is 0 Å². The molecular formula is C15H21N3. The number of anilines is 1. The van der Waals surface area contributed by atoms with E-state index < -0.39 is 0 Å². The van der Waals surface area contributed by atoms with Crippen LogP contribution >= 0.6 is 0 Å². The largest absolute Gasteiger partial charge is 0.366 e. The summed E-state index contributed by atoms with van der Waals surface area (Å²) in [4.78, 5) is 8.98. The number of nitrogens with zero attached hydrogens (tertiary/aromatic N) is 2.